The Bertz CT molecular complexity index is 1540. The van der Waals surface area contributed by atoms with Gasteiger partial charge in [0.05, 0.1) is 30.4 Å². The first-order valence-corrected chi connectivity index (χ1v) is 12.2. The van der Waals surface area contributed by atoms with E-state index in [1.807, 2.05) is 41.9 Å². The van der Waals surface area contributed by atoms with Crippen molar-refractivity contribution in [2.24, 2.45) is 0 Å². The number of amides is 1. The first kappa shape index (κ1) is 22.1. The van der Waals surface area contributed by atoms with Crippen molar-refractivity contribution >= 4 is 44.5 Å². The molecule has 5 aromatic rings. The number of thiophene rings is 1. The molecule has 0 radical (unpaired) electrons. The van der Waals surface area contributed by atoms with Crippen molar-refractivity contribution in [3.63, 3.8) is 0 Å². The van der Waals surface area contributed by atoms with Crippen molar-refractivity contribution in [1.29, 1.82) is 0 Å². The van der Waals surface area contributed by atoms with Crippen LogP contribution in [0.4, 0.5) is 10.1 Å². The Morgan fingerprint density at radius 3 is 2.59 bits per heavy atom. The lowest BCUT2D eigenvalue weighted by atomic mass is 10.1. The van der Waals surface area contributed by atoms with Gasteiger partial charge in [-0.3, -0.25) is 14.2 Å². The van der Waals surface area contributed by atoms with Gasteiger partial charge in [-0.25, -0.2) is 14.4 Å². The Morgan fingerprint density at radius 2 is 1.82 bits per heavy atom. The van der Waals surface area contributed by atoms with E-state index in [-0.39, 0.29) is 30.2 Å². The fourth-order valence-corrected chi connectivity index (χ4v) is 5.27. The van der Waals surface area contributed by atoms with Crippen LogP contribution in [0.5, 0.6) is 0 Å². The number of halogens is 1. The van der Waals surface area contributed by atoms with Crippen LogP contribution in [0.15, 0.2) is 70.4 Å². The lowest BCUT2D eigenvalue weighted by Gasteiger charge is -2.05. The zero-order valence-electron chi connectivity index (χ0n) is 18.1. The SMILES string of the molecule is Cc1ccc(NC(=O)Cc2nc(Cn3cnc4scc(-c5ccc(F)cc5)c4c3=O)cs2)cc1. The third-order valence-corrected chi connectivity index (χ3v) is 7.08. The average Bonchev–Trinajstić information content (AvgIpc) is 3.45. The number of fused-ring (bicyclic) bond motifs is 1. The molecule has 0 bridgehead atoms. The van der Waals surface area contributed by atoms with Gasteiger partial charge in [0.1, 0.15) is 15.7 Å². The van der Waals surface area contributed by atoms with Gasteiger partial charge in [0.25, 0.3) is 5.56 Å². The molecule has 0 saturated carbocycles. The minimum absolute atomic E-state index is 0.146. The largest absolute Gasteiger partial charge is 0.326 e. The maximum Gasteiger partial charge on any atom is 0.263 e. The first-order chi connectivity index (χ1) is 16.5. The molecule has 1 N–H and O–H groups in total. The molecule has 0 saturated heterocycles. The van der Waals surface area contributed by atoms with E-state index >= 15 is 0 Å². The van der Waals surface area contributed by atoms with E-state index in [9.17, 15) is 14.0 Å². The monoisotopic (exact) mass is 490 g/mol. The molecule has 0 aliphatic carbocycles. The predicted molar refractivity (Wildman–Crippen MR) is 134 cm³/mol. The summed E-state index contributed by atoms with van der Waals surface area (Å²) in [5.41, 5.74) is 3.87. The van der Waals surface area contributed by atoms with Gasteiger partial charge >= 0.3 is 0 Å². The number of hydrogen-bond donors (Lipinski definition) is 1. The van der Waals surface area contributed by atoms with Crippen LogP contribution in [0.3, 0.4) is 0 Å². The number of carbonyl (C=O) groups is 1. The van der Waals surface area contributed by atoms with Crippen LogP contribution in [-0.4, -0.2) is 20.4 Å². The zero-order valence-corrected chi connectivity index (χ0v) is 19.8. The van der Waals surface area contributed by atoms with Crippen LogP contribution >= 0.6 is 22.7 Å². The van der Waals surface area contributed by atoms with Crippen LogP contribution in [0.25, 0.3) is 21.3 Å². The summed E-state index contributed by atoms with van der Waals surface area (Å²) in [5.74, 6) is -0.474. The summed E-state index contributed by atoms with van der Waals surface area (Å²) < 4.78 is 14.8. The topological polar surface area (TPSA) is 76.9 Å². The number of thiazole rings is 1. The quantitative estimate of drug-likeness (QED) is 0.352. The third kappa shape index (κ3) is 4.66. The van der Waals surface area contributed by atoms with Gasteiger partial charge in [0.2, 0.25) is 5.91 Å². The molecule has 5 rings (SSSR count). The molecule has 3 aromatic heterocycles. The Balaban J connectivity index is 1.34. The second-order valence-corrected chi connectivity index (χ2v) is 9.64. The van der Waals surface area contributed by atoms with E-state index in [0.717, 1.165) is 22.4 Å². The molecule has 0 aliphatic rings. The second kappa shape index (κ2) is 9.28. The van der Waals surface area contributed by atoms with E-state index < -0.39 is 0 Å². The van der Waals surface area contributed by atoms with Gasteiger partial charge in [0, 0.05) is 22.0 Å². The molecule has 6 nitrogen and oxygen atoms in total. The van der Waals surface area contributed by atoms with Crippen molar-refractivity contribution in [1.82, 2.24) is 14.5 Å². The fraction of sp³-hybridized carbons (Fsp3) is 0.120. The molecule has 1 amide bonds. The number of nitrogens with zero attached hydrogens (tertiary/aromatic N) is 3. The van der Waals surface area contributed by atoms with Crippen molar-refractivity contribution in [2.75, 3.05) is 5.32 Å². The third-order valence-electron chi connectivity index (χ3n) is 5.29. The fourth-order valence-electron chi connectivity index (χ4n) is 3.58. The predicted octanol–water partition coefficient (Wildman–Crippen LogP) is 5.26. The number of carbonyl (C=O) groups excluding carboxylic acids is 1. The number of nitrogens with one attached hydrogen (secondary N) is 1. The molecule has 0 spiro atoms. The van der Waals surface area contributed by atoms with Crippen molar-refractivity contribution < 1.29 is 9.18 Å². The van der Waals surface area contributed by atoms with Crippen LogP contribution in [0, 0.1) is 12.7 Å². The van der Waals surface area contributed by atoms with Crippen LogP contribution in [0.2, 0.25) is 0 Å². The van der Waals surface area contributed by atoms with Gasteiger partial charge < -0.3 is 5.32 Å². The molecule has 3 heterocycles. The van der Waals surface area contributed by atoms with E-state index in [4.69, 9.17) is 0 Å². The number of aromatic nitrogens is 3. The maximum absolute atomic E-state index is 13.3. The van der Waals surface area contributed by atoms with Gasteiger partial charge in [-0.15, -0.1) is 22.7 Å². The number of benzene rings is 2. The number of hydrogen-bond acceptors (Lipinski definition) is 6. The van der Waals surface area contributed by atoms with E-state index in [1.54, 1.807) is 12.1 Å². The van der Waals surface area contributed by atoms with Gasteiger partial charge in [-0.05, 0) is 36.8 Å². The molecule has 170 valence electrons. The number of anilines is 1. The minimum atomic E-state index is -0.328. The summed E-state index contributed by atoms with van der Waals surface area (Å²) in [6.07, 6.45) is 1.67. The minimum Gasteiger partial charge on any atom is -0.326 e. The Kier molecular flexibility index (Phi) is 6.04. The summed E-state index contributed by atoms with van der Waals surface area (Å²) in [7, 11) is 0. The Labute approximate surface area is 202 Å². The summed E-state index contributed by atoms with van der Waals surface area (Å²) in [6.45, 7) is 2.24. The first-order valence-electron chi connectivity index (χ1n) is 10.5. The second-order valence-electron chi connectivity index (χ2n) is 7.84. The van der Waals surface area contributed by atoms with Crippen LogP contribution in [0.1, 0.15) is 16.3 Å². The highest BCUT2D eigenvalue weighted by Gasteiger charge is 2.15. The molecule has 0 fully saturated rings. The van der Waals surface area contributed by atoms with Crippen LogP contribution in [-0.2, 0) is 17.8 Å². The maximum atomic E-state index is 13.3. The van der Waals surface area contributed by atoms with Gasteiger partial charge in [-0.1, -0.05) is 29.8 Å². The zero-order chi connectivity index (χ0) is 23.7. The summed E-state index contributed by atoms with van der Waals surface area (Å²) in [5, 5.41) is 7.76. The summed E-state index contributed by atoms with van der Waals surface area (Å²) in [4.78, 5) is 35.2. The molecule has 0 aliphatic heterocycles. The van der Waals surface area contributed by atoms with E-state index in [1.165, 1.54) is 45.7 Å². The van der Waals surface area contributed by atoms with E-state index in [0.29, 0.717) is 20.9 Å². The molecule has 2 aromatic carbocycles. The van der Waals surface area contributed by atoms with Gasteiger partial charge in [0.15, 0.2) is 0 Å². The molecule has 0 atom stereocenters. The highest BCUT2D eigenvalue weighted by atomic mass is 32.1. The number of aryl methyl sites for hydroxylation is 1. The molecule has 34 heavy (non-hydrogen) atoms. The van der Waals surface area contributed by atoms with Gasteiger partial charge in [-0.2, -0.15) is 0 Å². The molecule has 0 unspecified atom stereocenters. The number of rotatable bonds is 6. The lowest BCUT2D eigenvalue weighted by molar-refractivity contribution is -0.115. The smallest absolute Gasteiger partial charge is 0.263 e. The Hall–Kier alpha value is -3.69. The lowest BCUT2D eigenvalue weighted by Crippen LogP contribution is -2.21. The van der Waals surface area contributed by atoms with Crippen molar-refractivity contribution in [3.8, 4) is 11.1 Å². The highest BCUT2D eigenvalue weighted by Crippen LogP contribution is 2.30. The van der Waals surface area contributed by atoms with Crippen molar-refractivity contribution in [3.05, 3.63) is 98.1 Å². The normalized spacial score (nSPS) is 11.1. The average molecular weight is 491 g/mol. The standard InChI is InChI=1S/C25H19FN4O2S2/c1-15-2-8-18(9-3-15)28-21(31)10-22-29-19(12-33-22)11-30-14-27-24-23(25(30)32)20(13-34-24)16-4-6-17(26)7-5-16/h2-9,12-14H,10-11H2,1H3,(H,28,31). The summed E-state index contributed by atoms with van der Waals surface area (Å²) in [6, 6.07) is 13.7. The summed E-state index contributed by atoms with van der Waals surface area (Å²) >= 11 is 2.76. The highest BCUT2D eigenvalue weighted by molar-refractivity contribution is 7.17. The molecule has 9 heteroatoms. The molecular weight excluding hydrogens is 471 g/mol. The van der Waals surface area contributed by atoms with E-state index in [2.05, 4.69) is 15.3 Å². The molecular formula is C25H19FN4O2S2. The Morgan fingerprint density at radius 1 is 1.06 bits per heavy atom. The van der Waals surface area contributed by atoms with Crippen molar-refractivity contribution in [2.45, 2.75) is 19.9 Å². The van der Waals surface area contributed by atoms with Crippen LogP contribution < -0.4 is 10.9 Å².